The summed E-state index contributed by atoms with van der Waals surface area (Å²) in [5, 5.41) is 4.58. The number of ether oxygens (including phenoxy) is 2. The van der Waals surface area contributed by atoms with Gasteiger partial charge in [-0.15, -0.1) is 0 Å². The SMILES string of the molecule is c1ccc(-c2nc(-c3ccc(-c4ccc5c(c4)Oc4cc(-c6ccc(-c7nc(-c8ccc(-c9ccc%10c(c9)Oc9ccccc9C%109c%10ccccc%10-c%10ccccc%109)cc8)cc(-c8cccc9ccccc89)n7)cc6)ccc4C54c5ccccc5-c5ccccc54)cc3)cc(-c3ccc(-c4ccccc4)c4ccccc34)n2)cc1. The van der Waals surface area contributed by atoms with Gasteiger partial charge in [-0.3, -0.25) is 0 Å². The molecule has 0 saturated heterocycles. The lowest BCUT2D eigenvalue weighted by Crippen LogP contribution is -2.32. The highest BCUT2D eigenvalue weighted by Crippen LogP contribution is 2.65. The summed E-state index contributed by atoms with van der Waals surface area (Å²) in [5.74, 6) is 4.65. The van der Waals surface area contributed by atoms with Gasteiger partial charge >= 0.3 is 0 Å². The van der Waals surface area contributed by atoms with Crippen LogP contribution < -0.4 is 9.47 Å². The molecule has 2 aliphatic heterocycles. The molecular formula is C108H66N4O2. The van der Waals surface area contributed by atoms with E-state index in [1.54, 1.807) is 0 Å². The van der Waals surface area contributed by atoms with E-state index in [9.17, 15) is 0 Å². The number of nitrogens with zero attached hydrogens (tertiary/aromatic N) is 4. The number of para-hydroxylation sites is 1. The Kier molecular flexibility index (Phi) is 14.7. The second kappa shape index (κ2) is 25.8. The molecule has 4 heterocycles. The fourth-order valence-electron chi connectivity index (χ4n) is 18.9. The predicted octanol–water partition coefficient (Wildman–Crippen LogP) is 27.2. The molecule has 0 N–H and O–H groups in total. The van der Waals surface area contributed by atoms with E-state index in [2.05, 4.69) is 382 Å². The van der Waals surface area contributed by atoms with Gasteiger partial charge < -0.3 is 9.47 Å². The third kappa shape index (κ3) is 10.1. The third-order valence-electron chi connectivity index (χ3n) is 24.1. The molecule has 17 aromatic carbocycles. The van der Waals surface area contributed by atoms with Crippen molar-refractivity contribution in [2.75, 3.05) is 0 Å². The van der Waals surface area contributed by atoms with Crippen molar-refractivity contribution in [3.8, 4) is 158 Å². The van der Waals surface area contributed by atoms with E-state index in [4.69, 9.17) is 29.4 Å². The van der Waals surface area contributed by atoms with E-state index < -0.39 is 10.8 Å². The zero-order valence-electron chi connectivity index (χ0n) is 61.7. The van der Waals surface area contributed by atoms with E-state index in [0.29, 0.717) is 11.6 Å². The van der Waals surface area contributed by atoms with Crippen LogP contribution in [0.25, 0.3) is 156 Å². The van der Waals surface area contributed by atoms with E-state index in [0.717, 1.165) is 151 Å². The monoisotopic (exact) mass is 1450 g/mol. The van der Waals surface area contributed by atoms with Gasteiger partial charge in [0.15, 0.2) is 11.6 Å². The molecule has 114 heavy (non-hydrogen) atoms. The molecule has 6 heteroatoms. The van der Waals surface area contributed by atoms with Gasteiger partial charge in [-0.05, 0) is 147 Å². The molecule has 0 radical (unpaired) electrons. The summed E-state index contributed by atoms with van der Waals surface area (Å²) in [7, 11) is 0. The normalized spacial score (nSPS) is 13.2. The largest absolute Gasteiger partial charge is 0.457 e. The highest BCUT2D eigenvalue weighted by molar-refractivity contribution is 6.05. The van der Waals surface area contributed by atoms with Crippen LogP contribution in [0.4, 0.5) is 0 Å². The smallest absolute Gasteiger partial charge is 0.160 e. The Balaban J connectivity index is 0.587. The van der Waals surface area contributed by atoms with Crippen molar-refractivity contribution in [2.24, 2.45) is 0 Å². The van der Waals surface area contributed by atoms with Crippen LogP contribution in [0.15, 0.2) is 400 Å². The standard InChI is InChI=1S/C108H66N4O2/c1-3-22-70(23-4-1)80-57-58-88(82-30-10-9-29-81(80)82)100-66-98(109-105(112-100)74-25-5-2-6-26-74)73-50-44-68(45-51-73)77-55-60-95-103(63-77)114-104-64-78(56-61-96(104)108(95)91-38-17-13-33-85(91)86-34-14-18-39-92(86)108)69-46-52-75(53-47-69)106-110-97(65-99(111-106)87-35-21-27-71-24-7-8-28-79(71)87)72-48-42-67(43-49-72)76-54-59-94-102(62-76)113-101-41-20-19-40-93(101)107(94)89-36-15-11-31-83(89)84-32-12-16-37-90(84)107/h1-66H. The number of rotatable bonds is 10. The van der Waals surface area contributed by atoms with Crippen LogP contribution in [0.1, 0.15) is 44.5 Å². The lowest BCUT2D eigenvalue weighted by Gasteiger charge is -2.39. The minimum atomic E-state index is -0.663. The number of benzene rings is 17. The van der Waals surface area contributed by atoms with Crippen molar-refractivity contribution >= 4 is 21.5 Å². The van der Waals surface area contributed by atoms with Crippen molar-refractivity contribution in [2.45, 2.75) is 10.8 Å². The van der Waals surface area contributed by atoms with Gasteiger partial charge in [0, 0.05) is 55.6 Å². The first kappa shape index (κ1) is 65.0. The minimum absolute atomic E-state index is 0.527. The summed E-state index contributed by atoms with van der Waals surface area (Å²) in [6, 6.07) is 144. The molecule has 19 aromatic rings. The van der Waals surface area contributed by atoms with Crippen molar-refractivity contribution in [1.29, 1.82) is 0 Å². The van der Waals surface area contributed by atoms with Crippen LogP contribution in [0.5, 0.6) is 23.0 Å². The number of hydrogen-bond donors (Lipinski definition) is 0. The molecule has 0 atom stereocenters. The van der Waals surface area contributed by atoms with Gasteiger partial charge in [0.1, 0.15) is 23.0 Å². The highest BCUT2D eigenvalue weighted by Gasteiger charge is 2.53. The quantitative estimate of drug-likeness (QED) is 0.136. The van der Waals surface area contributed by atoms with Gasteiger partial charge in [-0.1, -0.05) is 364 Å². The lowest BCUT2D eigenvalue weighted by molar-refractivity contribution is 0.436. The van der Waals surface area contributed by atoms with Crippen LogP contribution in [0.2, 0.25) is 0 Å². The summed E-state index contributed by atoms with van der Waals surface area (Å²) >= 11 is 0. The minimum Gasteiger partial charge on any atom is -0.457 e. The lowest BCUT2D eigenvalue weighted by atomic mass is 9.65. The van der Waals surface area contributed by atoms with Crippen molar-refractivity contribution in [3.63, 3.8) is 0 Å². The Hall–Kier alpha value is -15.0. The van der Waals surface area contributed by atoms with Crippen LogP contribution in [-0.2, 0) is 10.8 Å². The molecule has 0 fully saturated rings. The summed E-state index contributed by atoms with van der Waals surface area (Å²) in [4.78, 5) is 21.4. The Labute approximate surface area is 660 Å². The number of aromatic nitrogens is 4. The van der Waals surface area contributed by atoms with Crippen molar-refractivity contribution < 1.29 is 9.47 Å². The molecule has 2 spiro atoms. The van der Waals surface area contributed by atoms with E-state index in [1.807, 2.05) is 18.2 Å². The fraction of sp³-hybridized carbons (Fsp3) is 0.0185. The van der Waals surface area contributed by atoms with Crippen LogP contribution in [0.3, 0.4) is 0 Å². The third-order valence-corrected chi connectivity index (χ3v) is 24.1. The summed E-state index contributed by atoms with van der Waals surface area (Å²) in [6.45, 7) is 0. The summed E-state index contributed by atoms with van der Waals surface area (Å²) in [5.41, 5.74) is 31.2. The van der Waals surface area contributed by atoms with E-state index in [1.165, 1.54) is 61.0 Å². The Bertz CT molecular complexity index is 7060. The van der Waals surface area contributed by atoms with Crippen LogP contribution in [-0.4, -0.2) is 19.9 Å². The molecule has 0 amide bonds. The molecule has 0 bridgehead atoms. The summed E-state index contributed by atoms with van der Waals surface area (Å²) in [6.07, 6.45) is 0. The number of fused-ring (bicyclic) bond motifs is 20. The van der Waals surface area contributed by atoms with Crippen molar-refractivity contribution in [1.82, 2.24) is 19.9 Å². The Morgan fingerprint density at radius 2 is 0.474 bits per heavy atom. The first-order chi connectivity index (χ1) is 56.5. The van der Waals surface area contributed by atoms with E-state index in [-0.39, 0.29) is 0 Å². The van der Waals surface area contributed by atoms with E-state index >= 15 is 0 Å². The van der Waals surface area contributed by atoms with Gasteiger partial charge in [-0.25, -0.2) is 19.9 Å². The second-order valence-electron chi connectivity index (χ2n) is 30.1. The van der Waals surface area contributed by atoms with Gasteiger partial charge in [-0.2, -0.15) is 0 Å². The molecule has 2 aliphatic carbocycles. The average Bonchev–Trinajstić information content (AvgIpc) is 1.50. The molecule has 530 valence electrons. The molecule has 23 rings (SSSR count). The van der Waals surface area contributed by atoms with Crippen LogP contribution in [0, 0.1) is 0 Å². The average molecular weight is 1450 g/mol. The first-order valence-electron chi connectivity index (χ1n) is 39.0. The highest BCUT2D eigenvalue weighted by atomic mass is 16.5. The van der Waals surface area contributed by atoms with Crippen molar-refractivity contribution in [3.05, 3.63) is 445 Å². The molecule has 4 aliphatic rings. The fourth-order valence-corrected chi connectivity index (χ4v) is 18.9. The zero-order chi connectivity index (χ0) is 75.0. The van der Waals surface area contributed by atoms with Gasteiger partial charge in [0.2, 0.25) is 0 Å². The maximum absolute atomic E-state index is 7.38. The zero-order valence-corrected chi connectivity index (χ0v) is 61.7. The maximum Gasteiger partial charge on any atom is 0.160 e. The molecule has 0 unspecified atom stereocenters. The van der Waals surface area contributed by atoms with Gasteiger partial charge in [0.25, 0.3) is 0 Å². The first-order valence-corrected chi connectivity index (χ1v) is 39.0. The molecule has 2 aromatic heterocycles. The van der Waals surface area contributed by atoms with Crippen LogP contribution >= 0.6 is 0 Å². The molecule has 0 saturated carbocycles. The van der Waals surface area contributed by atoms with Gasteiger partial charge in [0.05, 0.1) is 33.6 Å². The second-order valence-corrected chi connectivity index (χ2v) is 30.1. The summed E-state index contributed by atoms with van der Waals surface area (Å²) < 4.78 is 14.3. The number of hydrogen-bond acceptors (Lipinski definition) is 6. The predicted molar refractivity (Wildman–Crippen MR) is 462 cm³/mol. The Morgan fingerprint density at radius 1 is 0.167 bits per heavy atom. The maximum atomic E-state index is 7.38. The Morgan fingerprint density at radius 3 is 0.956 bits per heavy atom. The topological polar surface area (TPSA) is 70.0 Å². The molecule has 6 nitrogen and oxygen atoms in total. The molecular weight excluding hydrogens is 1390 g/mol.